The molecule has 2 aromatic carbocycles. The Hall–Kier alpha value is -2.36. The van der Waals surface area contributed by atoms with Crippen LogP contribution in [-0.4, -0.2) is 58.7 Å². The van der Waals surface area contributed by atoms with Gasteiger partial charge in [0.2, 0.25) is 0 Å². The predicted molar refractivity (Wildman–Crippen MR) is 131 cm³/mol. The van der Waals surface area contributed by atoms with Crippen molar-refractivity contribution in [2.45, 2.75) is 24.4 Å². The van der Waals surface area contributed by atoms with Crippen LogP contribution in [0.5, 0.6) is 0 Å². The van der Waals surface area contributed by atoms with E-state index >= 15 is 0 Å². The number of anilines is 2. The van der Waals surface area contributed by atoms with E-state index < -0.39 is 10.6 Å². The molecule has 8 heteroatoms. The van der Waals surface area contributed by atoms with Crippen LogP contribution in [0.25, 0.3) is 10.9 Å². The van der Waals surface area contributed by atoms with E-state index in [1.165, 1.54) is 5.56 Å². The number of aryl methyl sites for hydroxylation is 1. The van der Waals surface area contributed by atoms with Crippen LogP contribution in [0.15, 0.2) is 53.4 Å². The summed E-state index contributed by atoms with van der Waals surface area (Å²) < 4.78 is 26.6. The zero-order valence-electron chi connectivity index (χ0n) is 18.3. The standard InChI is InChI=1S/C24H30N4O3S/c1-17-6-7-21-20(12-17)22(26-9-8-25-19-15-31-16-19)13-24(27-21)28-10-11-32(29,30)23-5-3-2-4-18(23)14-28/h2-7,12-13,19,25,29-30H,8-11,14-16H2,1H3,(H,26,27). The largest absolute Gasteiger partial charge is 0.383 e. The average molecular weight is 455 g/mol. The molecule has 5 rings (SSSR count). The van der Waals surface area contributed by atoms with Crippen molar-refractivity contribution in [1.82, 2.24) is 10.3 Å². The molecule has 1 fully saturated rings. The van der Waals surface area contributed by atoms with Crippen LogP contribution in [0.2, 0.25) is 0 Å². The molecule has 1 saturated heterocycles. The zero-order valence-corrected chi connectivity index (χ0v) is 19.1. The fourth-order valence-electron chi connectivity index (χ4n) is 4.24. The van der Waals surface area contributed by atoms with Crippen LogP contribution in [0.4, 0.5) is 11.5 Å². The first-order chi connectivity index (χ1) is 15.5. The highest BCUT2D eigenvalue weighted by Crippen LogP contribution is 2.51. The number of benzene rings is 2. The average Bonchev–Trinajstić information content (AvgIpc) is 2.88. The lowest BCUT2D eigenvalue weighted by molar-refractivity contribution is -0.00433. The van der Waals surface area contributed by atoms with Crippen molar-refractivity contribution in [2.75, 3.05) is 48.8 Å². The first-order valence-corrected chi connectivity index (χ1v) is 12.8. The van der Waals surface area contributed by atoms with E-state index in [1.807, 2.05) is 24.3 Å². The van der Waals surface area contributed by atoms with Gasteiger partial charge >= 0.3 is 0 Å². The molecule has 3 heterocycles. The summed E-state index contributed by atoms with van der Waals surface area (Å²) in [4.78, 5) is 7.74. The van der Waals surface area contributed by atoms with Crippen molar-refractivity contribution >= 4 is 33.0 Å². The lowest BCUT2D eigenvalue weighted by Crippen LogP contribution is -2.47. The lowest BCUT2D eigenvalue weighted by atomic mass is 10.1. The second-order valence-electron chi connectivity index (χ2n) is 8.56. The van der Waals surface area contributed by atoms with Gasteiger partial charge in [-0.3, -0.25) is 9.11 Å². The van der Waals surface area contributed by atoms with Crippen LogP contribution in [-0.2, 0) is 11.3 Å². The molecule has 170 valence electrons. The van der Waals surface area contributed by atoms with E-state index in [2.05, 4.69) is 46.7 Å². The second-order valence-corrected chi connectivity index (χ2v) is 10.7. The van der Waals surface area contributed by atoms with E-state index in [1.54, 1.807) is 0 Å². The van der Waals surface area contributed by atoms with Gasteiger partial charge in [-0.15, -0.1) is 0 Å². The first kappa shape index (κ1) is 21.5. The van der Waals surface area contributed by atoms with Gasteiger partial charge < -0.3 is 20.3 Å². The van der Waals surface area contributed by atoms with E-state index in [-0.39, 0.29) is 0 Å². The van der Waals surface area contributed by atoms with Crippen molar-refractivity contribution in [2.24, 2.45) is 0 Å². The summed E-state index contributed by atoms with van der Waals surface area (Å²) in [5.74, 6) is 1.14. The van der Waals surface area contributed by atoms with Crippen molar-refractivity contribution < 1.29 is 13.8 Å². The van der Waals surface area contributed by atoms with E-state index in [0.717, 1.165) is 54.3 Å². The van der Waals surface area contributed by atoms with E-state index in [0.29, 0.717) is 29.8 Å². The number of ether oxygens (including phenoxy) is 1. The molecule has 2 aliphatic rings. The van der Waals surface area contributed by atoms with Crippen LogP contribution in [0.3, 0.4) is 0 Å². The maximum absolute atomic E-state index is 10.7. The number of fused-ring (bicyclic) bond motifs is 2. The Balaban J connectivity index is 1.44. The van der Waals surface area contributed by atoms with Gasteiger partial charge in [-0.05, 0) is 30.7 Å². The van der Waals surface area contributed by atoms with Crippen LogP contribution >= 0.6 is 10.6 Å². The Bertz CT molecular complexity index is 1120. The Labute approximate surface area is 190 Å². The zero-order chi connectivity index (χ0) is 22.1. The fraction of sp³-hybridized carbons (Fsp3) is 0.375. The molecule has 1 aromatic heterocycles. The fourth-order valence-corrected chi connectivity index (χ4v) is 5.79. The molecular formula is C24H30N4O3S. The molecule has 32 heavy (non-hydrogen) atoms. The molecule has 0 amide bonds. The van der Waals surface area contributed by atoms with Crippen LogP contribution in [0.1, 0.15) is 11.1 Å². The third-order valence-electron chi connectivity index (χ3n) is 6.12. The van der Waals surface area contributed by atoms with Gasteiger partial charge in [-0.1, -0.05) is 29.8 Å². The van der Waals surface area contributed by atoms with Gasteiger partial charge in [0.05, 0.1) is 35.4 Å². The molecule has 0 saturated carbocycles. The summed E-state index contributed by atoms with van der Waals surface area (Å²) >= 11 is 0. The quantitative estimate of drug-likeness (QED) is 0.418. The van der Waals surface area contributed by atoms with Gasteiger partial charge in [0, 0.05) is 43.3 Å². The van der Waals surface area contributed by atoms with Gasteiger partial charge in [-0.25, -0.2) is 4.98 Å². The van der Waals surface area contributed by atoms with Crippen molar-refractivity contribution in [3.63, 3.8) is 0 Å². The maximum atomic E-state index is 10.7. The third kappa shape index (κ3) is 4.42. The maximum Gasteiger partial charge on any atom is 0.131 e. The number of hydrogen-bond donors (Lipinski definition) is 4. The van der Waals surface area contributed by atoms with Gasteiger partial charge in [0.1, 0.15) is 5.82 Å². The Morgan fingerprint density at radius 2 is 1.97 bits per heavy atom. The summed E-state index contributed by atoms with van der Waals surface area (Å²) in [7, 11) is -2.80. The summed E-state index contributed by atoms with van der Waals surface area (Å²) in [6.45, 7) is 6.45. The summed E-state index contributed by atoms with van der Waals surface area (Å²) in [5, 5.41) is 8.17. The number of aromatic nitrogens is 1. The molecule has 3 aromatic rings. The SMILES string of the molecule is Cc1ccc2nc(N3CCS(O)(O)c4ccccc4C3)cc(NCCNC3COC3)c2c1. The molecular weight excluding hydrogens is 424 g/mol. The van der Waals surface area contributed by atoms with Crippen molar-refractivity contribution in [3.8, 4) is 0 Å². The van der Waals surface area contributed by atoms with Crippen molar-refractivity contribution in [1.29, 1.82) is 0 Å². The van der Waals surface area contributed by atoms with E-state index in [4.69, 9.17) is 9.72 Å². The normalized spacial score (nSPS) is 19.2. The topological polar surface area (TPSA) is 89.9 Å². The smallest absolute Gasteiger partial charge is 0.131 e. The minimum atomic E-state index is -2.80. The minimum Gasteiger partial charge on any atom is -0.383 e. The van der Waals surface area contributed by atoms with Crippen molar-refractivity contribution in [3.05, 3.63) is 59.7 Å². The Morgan fingerprint density at radius 1 is 1.12 bits per heavy atom. The van der Waals surface area contributed by atoms with Crippen LogP contribution in [0, 0.1) is 6.92 Å². The first-order valence-electron chi connectivity index (χ1n) is 11.0. The number of rotatable bonds is 6. The third-order valence-corrected chi connectivity index (χ3v) is 7.97. The Kier molecular flexibility index (Phi) is 5.96. The van der Waals surface area contributed by atoms with Gasteiger partial charge in [-0.2, -0.15) is 10.6 Å². The number of nitrogens with zero attached hydrogens (tertiary/aromatic N) is 2. The molecule has 4 N–H and O–H groups in total. The highest BCUT2D eigenvalue weighted by molar-refractivity contribution is 8.24. The van der Waals surface area contributed by atoms with Gasteiger partial charge in [0.15, 0.2) is 0 Å². The van der Waals surface area contributed by atoms with Crippen LogP contribution < -0.4 is 15.5 Å². The number of nitrogens with one attached hydrogen (secondary N) is 2. The number of pyridine rings is 1. The lowest BCUT2D eigenvalue weighted by Gasteiger charge is -2.32. The summed E-state index contributed by atoms with van der Waals surface area (Å²) in [6.07, 6.45) is 0. The predicted octanol–water partition coefficient (Wildman–Crippen LogP) is 4.07. The summed E-state index contributed by atoms with van der Waals surface area (Å²) in [6, 6.07) is 16.5. The molecule has 7 nitrogen and oxygen atoms in total. The molecule has 0 aliphatic carbocycles. The number of hydrogen-bond acceptors (Lipinski definition) is 7. The summed E-state index contributed by atoms with van der Waals surface area (Å²) in [5.41, 5.74) is 4.11. The van der Waals surface area contributed by atoms with E-state index in [9.17, 15) is 9.11 Å². The molecule has 0 bridgehead atoms. The minimum absolute atomic E-state index is 0.299. The second kappa shape index (κ2) is 8.88. The molecule has 0 unspecified atom stereocenters. The molecule has 0 spiro atoms. The molecule has 0 atom stereocenters. The molecule has 0 radical (unpaired) electrons. The van der Waals surface area contributed by atoms with Gasteiger partial charge in [0.25, 0.3) is 0 Å². The highest BCUT2D eigenvalue weighted by atomic mass is 32.3. The Morgan fingerprint density at radius 3 is 2.78 bits per heavy atom. The highest BCUT2D eigenvalue weighted by Gasteiger charge is 2.26. The molecule has 2 aliphatic heterocycles. The monoisotopic (exact) mass is 454 g/mol.